The SMILES string of the molecule is CCC(C)(C)C(=O)Nc1ccc(S(=O)(=O)CC(=O)[O-])cc1. The zero-order valence-electron chi connectivity index (χ0n) is 12.2. The number of anilines is 1. The van der Waals surface area contributed by atoms with Crippen LogP contribution < -0.4 is 10.4 Å². The molecular weight excluding hydrogens is 294 g/mol. The lowest BCUT2D eigenvalue weighted by Crippen LogP contribution is -2.31. The van der Waals surface area contributed by atoms with Crippen molar-refractivity contribution >= 4 is 27.4 Å². The molecule has 116 valence electrons. The summed E-state index contributed by atoms with van der Waals surface area (Å²) >= 11 is 0. The van der Waals surface area contributed by atoms with Gasteiger partial charge in [-0.2, -0.15) is 0 Å². The van der Waals surface area contributed by atoms with Gasteiger partial charge in [-0.25, -0.2) is 8.42 Å². The van der Waals surface area contributed by atoms with Crippen LogP contribution >= 0.6 is 0 Å². The highest BCUT2D eigenvalue weighted by Gasteiger charge is 2.25. The predicted octanol–water partition coefficient (Wildman–Crippen LogP) is 0.585. The van der Waals surface area contributed by atoms with E-state index in [9.17, 15) is 23.1 Å². The van der Waals surface area contributed by atoms with Crippen molar-refractivity contribution in [2.75, 3.05) is 11.1 Å². The molecule has 6 nitrogen and oxygen atoms in total. The van der Waals surface area contributed by atoms with Crippen molar-refractivity contribution < 1.29 is 23.1 Å². The summed E-state index contributed by atoms with van der Waals surface area (Å²) in [6, 6.07) is 5.36. The maximum Gasteiger partial charge on any atom is 0.230 e. The smallest absolute Gasteiger partial charge is 0.230 e. The molecule has 0 aliphatic rings. The van der Waals surface area contributed by atoms with Gasteiger partial charge in [0.1, 0.15) is 0 Å². The van der Waals surface area contributed by atoms with E-state index in [2.05, 4.69) is 5.32 Å². The number of hydrogen-bond acceptors (Lipinski definition) is 5. The van der Waals surface area contributed by atoms with E-state index >= 15 is 0 Å². The van der Waals surface area contributed by atoms with Crippen LogP contribution in [0.4, 0.5) is 5.69 Å². The minimum atomic E-state index is -3.91. The van der Waals surface area contributed by atoms with E-state index in [0.717, 1.165) is 0 Å². The first kappa shape index (κ1) is 17.2. The molecule has 0 atom stereocenters. The standard InChI is InChI=1S/C14H19NO5S/c1-4-14(2,3)13(18)15-10-5-7-11(8-6-10)21(19,20)9-12(16)17/h5-8H,4,9H2,1-3H3,(H,15,18)(H,16,17)/p-1. The molecule has 0 aliphatic heterocycles. The van der Waals surface area contributed by atoms with Gasteiger partial charge in [-0.3, -0.25) is 4.79 Å². The van der Waals surface area contributed by atoms with Crippen LogP contribution in [-0.2, 0) is 19.4 Å². The lowest BCUT2D eigenvalue weighted by molar-refractivity contribution is -0.301. The predicted molar refractivity (Wildman–Crippen MR) is 76.2 cm³/mol. The fourth-order valence-corrected chi connectivity index (χ4v) is 2.47. The number of carbonyl (C=O) groups excluding carboxylic acids is 2. The van der Waals surface area contributed by atoms with Crippen LogP contribution in [0.2, 0.25) is 0 Å². The first-order chi connectivity index (χ1) is 9.58. The van der Waals surface area contributed by atoms with Crippen molar-refractivity contribution in [1.82, 2.24) is 0 Å². The van der Waals surface area contributed by atoms with E-state index in [1.165, 1.54) is 24.3 Å². The molecule has 0 saturated carbocycles. The Labute approximate surface area is 124 Å². The first-order valence-electron chi connectivity index (χ1n) is 6.42. The van der Waals surface area contributed by atoms with Crippen LogP contribution in [0.1, 0.15) is 27.2 Å². The fourth-order valence-electron chi connectivity index (χ4n) is 1.44. The number of carboxylic acid groups (broad SMARTS) is 1. The van der Waals surface area contributed by atoms with Crippen LogP contribution in [0.15, 0.2) is 29.2 Å². The largest absolute Gasteiger partial charge is 0.549 e. The molecule has 1 amide bonds. The van der Waals surface area contributed by atoms with E-state index in [-0.39, 0.29) is 10.8 Å². The summed E-state index contributed by atoms with van der Waals surface area (Å²) < 4.78 is 23.3. The fraction of sp³-hybridized carbons (Fsp3) is 0.429. The Morgan fingerprint density at radius 3 is 2.14 bits per heavy atom. The van der Waals surface area contributed by atoms with Crippen molar-refractivity contribution in [2.45, 2.75) is 32.1 Å². The molecule has 7 heteroatoms. The number of hydrogen-bond donors (Lipinski definition) is 1. The number of sulfone groups is 1. The zero-order valence-corrected chi connectivity index (χ0v) is 13.0. The Morgan fingerprint density at radius 2 is 1.71 bits per heavy atom. The highest BCUT2D eigenvalue weighted by molar-refractivity contribution is 7.92. The van der Waals surface area contributed by atoms with Gasteiger partial charge in [0.05, 0.1) is 16.6 Å². The van der Waals surface area contributed by atoms with Crippen molar-refractivity contribution in [3.05, 3.63) is 24.3 Å². The molecule has 0 radical (unpaired) electrons. The molecule has 1 aromatic rings. The maximum absolute atomic E-state index is 12.0. The minimum absolute atomic E-state index is 0.126. The summed E-state index contributed by atoms with van der Waals surface area (Å²) in [5.41, 5.74) is -0.0753. The Hall–Kier alpha value is -1.89. The lowest BCUT2D eigenvalue weighted by Gasteiger charge is -2.21. The van der Waals surface area contributed by atoms with Gasteiger partial charge >= 0.3 is 0 Å². The van der Waals surface area contributed by atoms with Gasteiger partial charge in [0.25, 0.3) is 0 Å². The number of aliphatic carboxylic acids is 1. The summed E-state index contributed by atoms with van der Waals surface area (Å²) in [5, 5.41) is 13.1. The zero-order chi connectivity index (χ0) is 16.3. The molecule has 0 fully saturated rings. The number of nitrogens with one attached hydrogen (secondary N) is 1. The average molecular weight is 312 g/mol. The maximum atomic E-state index is 12.0. The molecule has 21 heavy (non-hydrogen) atoms. The van der Waals surface area contributed by atoms with Gasteiger partial charge in [-0.1, -0.05) is 20.8 Å². The first-order valence-corrected chi connectivity index (χ1v) is 8.08. The summed E-state index contributed by atoms with van der Waals surface area (Å²) in [6.45, 7) is 5.51. The molecule has 0 aliphatic carbocycles. The molecule has 0 unspecified atom stereocenters. The second kappa shape index (κ2) is 6.26. The van der Waals surface area contributed by atoms with Gasteiger partial charge in [0.15, 0.2) is 9.84 Å². The Morgan fingerprint density at radius 1 is 1.19 bits per heavy atom. The normalized spacial score (nSPS) is 12.0. The molecule has 0 saturated heterocycles. The van der Waals surface area contributed by atoms with E-state index in [0.29, 0.717) is 12.1 Å². The number of carbonyl (C=O) groups is 2. The lowest BCUT2D eigenvalue weighted by atomic mass is 9.89. The van der Waals surface area contributed by atoms with Crippen molar-refractivity contribution in [2.24, 2.45) is 5.41 Å². The summed E-state index contributed by atoms with van der Waals surface area (Å²) in [5.74, 6) is -2.89. The van der Waals surface area contributed by atoms with Crippen molar-refractivity contribution in [1.29, 1.82) is 0 Å². The van der Waals surface area contributed by atoms with Gasteiger partial charge in [-0.05, 0) is 30.7 Å². The van der Waals surface area contributed by atoms with Gasteiger partial charge in [-0.15, -0.1) is 0 Å². The van der Waals surface area contributed by atoms with Crippen LogP contribution in [0.25, 0.3) is 0 Å². The summed E-state index contributed by atoms with van der Waals surface area (Å²) in [4.78, 5) is 22.2. The molecule has 0 heterocycles. The van der Waals surface area contributed by atoms with E-state index in [1.807, 2.05) is 6.92 Å². The number of benzene rings is 1. The monoisotopic (exact) mass is 312 g/mol. The quantitative estimate of drug-likeness (QED) is 0.827. The van der Waals surface area contributed by atoms with Crippen LogP contribution in [0.3, 0.4) is 0 Å². The third-order valence-electron chi connectivity index (χ3n) is 3.28. The molecule has 0 spiro atoms. The van der Waals surface area contributed by atoms with Crippen LogP contribution in [-0.4, -0.2) is 26.0 Å². The summed E-state index contributed by atoms with van der Waals surface area (Å²) in [7, 11) is -3.91. The minimum Gasteiger partial charge on any atom is -0.549 e. The van der Waals surface area contributed by atoms with E-state index in [4.69, 9.17) is 0 Å². The van der Waals surface area contributed by atoms with Crippen molar-refractivity contribution in [3.63, 3.8) is 0 Å². The Bertz CT molecular complexity index is 632. The molecule has 0 aromatic heterocycles. The highest BCUT2D eigenvalue weighted by Crippen LogP contribution is 2.23. The topological polar surface area (TPSA) is 103 Å². The van der Waals surface area contributed by atoms with E-state index in [1.54, 1.807) is 13.8 Å². The van der Waals surface area contributed by atoms with Crippen LogP contribution in [0.5, 0.6) is 0 Å². The second-order valence-corrected chi connectivity index (χ2v) is 7.34. The second-order valence-electron chi connectivity index (χ2n) is 5.35. The highest BCUT2D eigenvalue weighted by atomic mass is 32.2. The van der Waals surface area contributed by atoms with E-state index < -0.39 is 27.0 Å². The molecule has 1 aromatic carbocycles. The number of amides is 1. The number of rotatable bonds is 6. The summed E-state index contributed by atoms with van der Waals surface area (Å²) in [6.07, 6.45) is 0.664. The van der Waals surface area contributed by atoms with Gasteiger partial charge in [0.2, 0.25) is 5.91 Å². The van der Waals surface area contributed by atoms with Gasteiger partial charge in [0, 0.05) is 11.1 Å². The Kier molecular flexibility index (Phi) is 5.11. The van der Waals surface area contributed by atoms with Crippen molar-refractivity contribution in [3.8, 4) is 0 Å². The Balaban J connectivity index is 2.89. The van der Waals surface area contributed by atoms with Crippen LogP contribution in [0, 0.1) is 5.41 Å². The van der Waals surface area contributed by atoms with Gasteiger partial charge < -0.3 is 15.2 Å². The average Bonchev–Trinajstić information content (AvgIpc) is 2.37. The third-order valence-corrected chi connectivity index (χ3v) is 4.88. The number of carboxylic acids is 1. The molecule has 1 N–H and O–H groups in total. The molecule has 0 bridgehead atoms. The molecular formula is C14H18NO5S-. The third kappa shape index (κ3) is 4.56. The molecule has 1 rings (SSSR count).